The first-order valence-electron chi connectivity index (χ1n) is 11.1. The molecule has 0 aliphatic carbocycles. The Morgan fingerprint density at radius 2 is 1.58 bits per heavy atom. The summed E-state index contributed by atoms with van der Waals surface area (Å²) in [4.78, 5) is 15.7. The summed E-state index contributed by atoms with van der Waals surface area (Å²) >= 11 is 0. The van der Waals surface area contributed by atoms with E-state index in [9.17, 15) is 13.2 Å². The zero-order valence-electron chi connectivity index (χ0n) is 19.2. The number of nitrogens with zero attached hydrogens (tertiary/aromatic N) is 1. The molecule has 1 fully saturated rings. The number of sulfonamides is 1. The molecule has 3 aromatic carbocycles. The van der Waals surface area contributed by atoms with Crippen LogP contribution < -0.4 is 14.9 Å². The van der Waals surface area contributed by atoms with Gasteiger partial charge in [-0.25, -0.2) is 8.42 Å². The van der Waals surface area contributed by atoms with Gasteiger partial charge in [-0.15, -0.1) is 0 Å². The minimum Gasteiger partial charge on any atom is -0.371 e. The van der Waals surface area contributed by atoms with Crippen LogP contribution in [0.1, 0.15) is 39.9 Å². The van der Waals surface area contributed by atoms with Crippen molar-refractivity contribution in [3.8, 4) is 0 Å². The van der Waals surface area contributed by atoms with Gasteiger partial charge in [0.05, 0.1) is 4.90 Å². The van der Waals surface area contributed by atoms with E-state index in [-0.39, 0.29) is 10.8 Å². The Balaban J connectivity index is 1.58. The smallest absolute Gasteiger partial charge is 0.261 e. The number of aryl methyl sites for hydroxylation is 2. The number of nitrogens with one attached hydrogen (secondary N) is 2. The lowest BCUT2D eigenvalue weighted by Crippen LogP contribution is -2.22. The fourth-order valence-electron chi connectivity index (χ4n) is 4.52. The lowest BCUT2D eigenvalue weighted by atomic mass is 10.0. The first-order valence-corrected chi connectivity index (χ1v) is 12.6. The van der Waals surface area contributed by atoms with Gasteiger partial charge in [0.2, 0.25) is 0 Å². The van der Waals surface area contributed by atoms with Crippen molar-refractivity contribution in [2.75, 3.05) is 28.0 Å². The van der Waals surface area contributed by atoms with Crippen molar-refractivity contribution in [1.82, 2.24) is 0 Å². The van der Waals surface area contributed by atoms with Crippen LogP contribution in [0.4, 0.5) is 17.1 Å². The number of benzene rings is 3. The Kier molecular flexibility index (Phi) is 6.42. The monoisotopic (exact) mass is 463 g/mol. The predicted octanol–water partition coefficient (Wildman–Crippen LogP) is 5.27. The molecule has 2 N–H and O–H groups in total. The standard InChI is InChI=1S/C26H29N3O3S/c1-18-16-19(2)25(29-14-7-8-15-29)20(3)24(18)27-26(30)21-10-9-11-22(17-21)28-33(31,32)23-12-5-4-6-13-23/h4-6,9-13,16-17,28H,7-8,14-15H2,1-3H3,(H,27,30). The summed E-state index contributed by atoms with van der Waals surface area (Å²) < 4.78 is 27.8. The van der Waals surface area contributed by atoms with E-state index in [1.165, 1.54) is 36.2 Å². The minimum atomic E-state index is -3.74. The van der Waals surface area contributed by atoms with Crippen molar-refractivity contribution in [2.24, 2.45) is 0 Å². The van der Waals surface area contributed by atoms with Crippen LogP contribution in [0.15, 0.2) is 65.6 Å². The molecule has 7 heteroatoms. The van der Waals surface area contributed by atoms with Crippen molar-refractivity contribution >= 4 is 33.0 Å². The molecule has 1 heterocycles. The summed E-state index contributed by atoms with van der Waals surface area (Å²) in [6.07, 6.45) is 2.36. The summed E-state index contributed by atoms with van der Waals surface area (Å²) in [5.74, 6) is -0.279. The van der Waals surface area contributed by atoms with Gasteiger partial charge in [-0.1, -0.05) is 30.3 Å². The fourth-order valence-corrected chi connectivity index (χ4v) is 5.59. The second-order valence-corrected chi connectivity index (χ2v) is 10.2. The molecular formula is C26H29N3O3S. The molecule has 33 heavy (non-hydrogen) atoms. The highest BCUT2D eigenvalue weighted by molar-refractivity contribution is 7.92. The van der Waals surface area contributed by atoms with Crippen LogP contribution in [-0.4, -0.2) is 27.4 Å². The lowest BCUT2D eigenvalue weighted by molar-refractivity contribution is 0.102. The maximum Gasteiger partial charge on any atom is 0.261 e. The zero-order chi connectivity index (χ0) is 23.6. The van der Waals surface area contributed by atoms with Gasteiger partial charge in [0.25, 0.3) is 15.9 Å². The van der Waals surface area contributed by atoms with Crippen molar-refractivity contribution < 1.29 is 13.2 Å². The SMILES string of the molecule is Cc1cc(C)c(N2CCCC2)c(C)c1NC(=O)c1cccc(NS(=O)(=O)c2ccccc2)c1. The topological polar surface area (TPSA) is 78.5 Å². The Bertz CT molecular complexity index is 1280. The third-order valence-electron chi connectivity index (χ3n) is 6.02. The van der Waals surface area contributed by atoms with E-state index in [2.05, 4.69) is 27.9 Å². The van der Waals surface area contributed by atoms with Crippen molar-refractivity contribution in [3.05, 3.63) is 82.9 Å². The molecule has 1 amide bonds. The Morgan fingerprint density at radius 3 is 2.27 bits per heavy atom. The van der Waals surface area contributed by atoms with Gasteiger partial charge in [-0.05, 0) is 80.6 Å². The first-order chi connectivity index (χ1) is 15.8. The number of hydrogen-bond donors (Lipinski definition) is 2. The number of hydrogen-bond acceptors (Lipinski definition) is 4. The second-order valence-electron chi connectivity index (χ2n) is 8.51. The van der Waals surface area contributed by atoms with E-state index in [4.69, 9.17) is 0 Å². The predicted molar refractivity (Wildman–Crippen MR) is 134 cm³/mol. The quantitative estimate of drug-likeness (QED) is 0.522. The average molecular weight is 464 g/mol. The van der Waals surface area contributed by atoms with Crippen LogP contribution >= 0.6 is 0 Å². The van der Waals surface area contributed by atoms with Gasteiger partial charge >= 0.3 is 0 Å². The maximum atomic E-state index is 13.1. The summed E-state index contributed by atoms with van der Waals surface area (Å²) in [5.41, 5.74) is 5.99. The molecule has 1 aliphatic rings. The summed E-state index contributed by atoms with van der Waals surface area (Å²) in [5, 5.41) is 3.06. The van der Waals surface area contributed by atoms with Crippen LogP contribution in [0, 0.1) is 20.8 Å². The molecule has 0 unspecified atom stereocenters. The second kappa shape index (κ2) is 9.27. The Morgan fingerprint density at radius 1 is 0.879 bits per heavy atom. The fraction of sp³-hybridized carbons (Fsp3) is 0.269. The molecule has 0 radical (unpaired) electrons. The van der Waals surface area contributed by atoms with E-state index in [1.54, 1.807) is 42.5 Å². The van der Waals surface area contributed by atoms with E-state index in [0.717, 1.165) is 29.9 Å². The van der Waals surface area contributed by atoms with E-state index in [0.29, 0.717) is 11.3 Å². The number of carbonyl (C=O) groups excluding carboxylic acids is 1. The normalized spacial score (nSPS) is 13.7. The summed E-state index contributed by atoms with van der Waals surface area (Å²) in [7, 11) is -3.74. The molecule has 0 bridgehead atoms. The van der Waals surface area contributed by atoms with Crippen molar-refractivity contribution in [3.63, 3.8) is 0 Å². The van der Waals surface area contributed by atoms with E-state index < -0.39 is 10.0 Å². The van der Waals surface area contributed by atoms with Gasteiger partial charge in [-0.3, -0.25) is 9.52 Å². The van der Waals surface area contributed by atoms with Crippen LogP contribution in [0.25, 0.3) is 0 Å². The molecule has 0 aromatic heterocycles. The average Bonchev–Trinajstić information content (AvgIpc) is 3.31. The molecule has 1 saturated heterocycles. The molecule has 0 saturated carbocycles. The molecule has 0 spiro atoms. The van der Waals surface area contributed by atoms with Gasteiger partial charge in [-0.2, -0.15) is 0 Å². The van der Waals surface area contributed by atoms with Crippen LogP contribution in [0.3, 0.4) is 0 Å². The highest BCUT2D eigenvalue weighted by Gasteiger charge is 2.21. The first kappa shape index (κ1) is 22.9. The van der Waals surface area contributed by atoms with Gasteiger partial charge in [0, 0.05) is 35.7 Å². The number of rotatable bonds is 6. The molecule has 0 atom stereocenters. The molecule has 6 nitrogen and oxygen atoms in total. The number of carbonyl (C=O) groups is 1. The minimum absolute atomic E-state index is 0.167. The molecule has 1 aliphatic heterocycles. The van der Waals surface area contributed by atoms with E-state index in [1.807, 2.05) is 13.8 Å². The van der Waals surface area contributed by atoms with Crippen molar-refractivity contribution in [2.45, 2.75) is 38.5 Å². The highest BCUT2D eigenvalue weighted by atomic mass is 32.2. The Hall–Kier alpha value is -3.32. The van der Waals surface area contributed by atoms with Crippen LogP contribution in [0.5, 0.6) is 0 Å². The highest BCUT2D eigenvalue weighted by Crippen LogP contribution is 2.35. The maximum absolute atomic E-state index is 13.1. The van der Waals surface area contributed by atoms with Crippen LogP contribution in [-0.2, 0) is 10.0 Å². The molecule has 4 rings (SSSR count). The Labute approximate surface area is 195 Å². The molecular weight excluding hydrogens is 434 g/mol. The zero-order valence-corrected chi connectivity index (χ0v) is 20.0. The van der Waals surface area contributed by atoms with Gasteiger partial charge in [0.15, 0.2) is 0 Å². The number of anilines is 3. The third-order valence-corrected chi connectivity index (χ3v) is 7.42. The summed E-state index contributed by atoms with van der Waals surface area (Å²) in [6.45, 7) is 8.21. The van der Waals surface area contributed by atoms with Crippen molar-refractivity contribution in [1.29, 1.82) is 0 Å². The number of amides is 1. The third kappa shape index (κ3) is 4.88. The summed E-state index contributed by atoms with van der Waals surface area (Å²) in [6, 6.07) is 16.8. The van der Waals surface area contributed by atoms with Gasteiger partial charge < -0.3 is 10.2 Å². The lowest BCUT2D eigenvalue weighted by Gasteiger charge is -2.26. The largest absolute Gasteiger partial charge is 0.371 e. The molecule has 3 aromatic rings. The molecule has 172 valence electrons. The van der Waals surface area contributed by atoms with Crippen LogP contribution in [0.2, 0.25) is 0 Å². The van der Waals surface area contributed by atoms with E-state index >= 15 is 0 Å². The van der Waals surface area contributed by atoms with Gasteiger partial charge in [0.1, 0.15) is 0 Å².